The number of carbonyl (C=O) groups is 1. The lowest BCUT2D eigenvalue weighted by Gasteiger charge is -2.08. The molecule has 0 radical (unpaired) electrons. The number of hydrogen-bond acceptors (Lipinski definition) is 3. The molecule has 1 N–H and O–H groups in total. The molecule has 2 aromatic rings. The highest BCUT2D eigenvalue weighted by molar-refractivity contribution is 7.98. The lowest BCUT2D eigenvalue weighted by Crippen LogP contribution is -2.25. The van der Waals surface area contributed by atoms with Crippen LogP contribution in [0.2, 0.25) is 0 Å². The molecule has 98 valence electrons. The summed E-state index contributed by atoms with van der Waals surface area (Å²) in [6, 6.07) is 12.5. The number of thioether (sulfide) groups is 1. The average molecular weight is 289 g/mol. The smallest absolute Gasteiger partial charge is 0.252 e. The Balaban J connectivity index is 1.70. The second-order valence-corrected chi connectivity index (χ2v) is 6.66. The maximum Gasteiger partial charge on any atom is 0.252 e. The second kappa shape index (κ2) is 5.80. The van der Waals surface area contributed by atoms with Crippen LogP contribution in [0.1, 0.15) is 28.1 Å². The number of hydrogen-bond donors (Lipinski definition) is 1. The fraction of sp³-hybridized carbons (Fsp3) is 0.267. The van der Waals surface area contributed by atoms with E-state index in [1.165, 1.54) is 4.88 Å². The fourth-order valence-electron chi connectivity index (χ4n) is 1.81. The predicted octanol–water partition coefficient (Wildman–Crippen LogP) is 3.93. The van der Waals surface area contributed by atoms with Gasteiger partial charge in [0.1, 0.15) is 0 Å². The van der Waals surface area contributed by atoms with Crippen LogP contribution in [0.5, 0.6) is 0 Å². The first-order valence-corrected chi connectivity index (χ1v) is 8.24. The minimum Gasteiger partial charge on any atom is -0.349 e. The summed E-state index contributed by atoms with van der Waals surface area (Å²) in [7, 11) is 0. The lowest BCUT2D eigenvalue weighted by atomic mass is 10.2. The topological polar surface area (TPSA) is 29.1 Å². The third-order valence-corrected chi connectivity index (χ3v) is 5.18. The van der Waals surface area contributed by atoms with E-state index < -0.39 is 0 Å². The first kappa shape index (κ1) is 12.8. The zero-order valence-electron chi connectivity index (χ0n) is 10.5. The van der Waals surface area contributed by atoms with Crippen LogP contribution in [0.25, 0.3) is 0 Å². The Bertz CT molecular complexity index is 561. The van der Waals surface area contributed by atoms with E-state index in [4.69, 9.17) is 0 Å². The van der Waals surface area contributed by atoms with Crippen LogP contribution in [0.4, 0.5) is 0 Å². The monoisotopic (exact) mass is 289 g/mol. The molecule has 1 aliphatic rings. The molecule has 19 heavy (non-hydrogen) atoms. The molecule has 3 rings (SSSR count). The van der Waals surface area contributed by atoms with Crippen molar-refractivity contribution in [3.63, 3.8) is 0 Å². The molecule has 1 aliphatic carbocycles. The summed E-state index contributed by atoms with van der Waals surface area (Å²) in [4.78, 5) is 14.6. The third-order valence-electron chi connectivity index (χ3n) is 2.99. The molecule has 0 atom stereocenters. The number of thiophene rings is 1. The van der Waals surface area contributed by atoms with Crippen molar-refractivity contribution in [2.45, 2.75) is 29.5 Å². The minimum absolute atomic E-state index is 0.0665. The fourth-order valence-corrected chi connectivity index (χ4v) is 3.64. The van der Waals surface area contributed by atoms with Gasteiger partial charge in [-0.1, -0.05) is 18.2 Å². The van der Waals surface area contributed by atoms with Crippen molar-refractivity contribution in [3.05, 3.63) is 52.2 Å². The van der Waals surface area contributed by atoms with Crippen molar-refractivity contribution in [2.24, 2.45) is 0 Å². The molecule has 1 aromatic heterocycles. The van der Waals surface area contributed by atoms with Crippen molar-refractivity contribution in [1.29, 1.82) is 0 Å². The van der Waals surface area contributed by atoms with Crippen molar-refractivity contribution in [3.8, 4) is 0 Å². The molecule has 1 heterocycles. The van der Waals surface area contributed by atoms with Gasteiger partial charge in [-0.2, -0.15) is 0 Å². The van der Waals surface area contributed by atoms with Gasteiger partial charge in [-0.15, -0.1) is 23.1 Å². The maximum atomic E-state index is 12.2. The SMILES string of the molecule is O=C(NC1CC1)c1ccccc1SCc1cccs1. The summed E-state index contributed by atoms with van der Waals surface area (Å²) >= 11 is 3.49. The van der Waals surface area contributed by atoms with E-state index in [1.54, 1.807) is 23.1 Å². The van der Waals surface area contributed by atoms with Crippen molar-refractivity contribution < 1.29 is 4.79 Å². The van der Waals surface area contributed by atoms with E-state index in [0.29, 0.717) is 6.04 Å². The van der Waals surface area contributed by atoms with Crippen LogP contribution in [-0.4, -0.2) is 11.9 Å². The third kappa shape index (κ3) is 3.39. The predicted molar refractivity (Wildman–Crippen MR) is 80.8 cm³/mol. The van der Waals surface area contributed by atoms with Crippen LogP contribution < -0.4 is 5.32 Å². The summed E-state index contributed by atoms with van der Waals surface area (Å²) in [5.41, 5.74) is 0.802. The van der Waals surface area contributed by atoms with E-state index in [0.717, 1.165) is 29.1 Å². The molecule has 1 amide bonds. The zero-order chi connectivity index (χ0) is 13.1. The van der Waals surface area contributed by atoms with E-state index >= 15 is 0 Å². The molecule has 0 bridgehead atoms. The van der Waals surface area contributed by atoms with Gasteiger partial charge >= 0.3 is 0 Å². The summed E-state index contributed by atoms with van der Waals surface area (Å²) < 4.78 is 0. The van der Waals surface area contributed by atoms with Crippen LogP contribution in [0, 0.1) is 0 Å². The molecule has 0 spiro atoms. The van der Waals surface area contributed by atoms with Crippen LogP contribution in [-0.2, 0) is 5.75 Å². The summed E-state index contributed by atoms with van der Waals surface area (Å²) in [5, 5.41) is 5.14. The van der Waals surface area contributed by atoms with Crippen molar-refractivity contribution in [1.82, 2.24) is 5.32 Å². The van der Waals surface area contributed by atoms with Crippen LogP contribution in [0.15, 0.2) is 46.7 Å². The quantitative estimate of drug-likeness (QED) is 0.845. The van der Waals surface area contributed by atoms with Gasteiger partial charge in [-0.05, 0) is 36.4 Å². The Labute approximate surface area is 121 Å². The molecule has 0 saturated heterocycles. The Morgan fingerprint density at radius 2 is 2.11 bits per heavy atom. The summed E-state index contributed by atoms with van der Waals surface area (Å²) in [5.74, 6) is 0.988. The minimum atomic E-state index is 0.0665. The number of nitrogens with one attached hydrogen (secondary N) is 1. The number of amides is 1. The van der Waals surface area contributed by atoms with E-state index in [1.807, 2.05) is 24.3 Å². The van der Waals surface area contributed by atoms with Crippen molar-refractivity contribution in [2.75, 3.05) is 0 Å². The van der Waals surface area contributed by atoms with Gasteiger partial charge < -0.3 is 5.32 Å². The average Bonchev–Trinajstić information content (AvgIpc) is 3.09. The molecular weight excluding hydrogens is 274 g/mol. The van der Waals surface area contributed by atoms with Crippen LogP contribution >= 0.6 is 23.1 Å². The highest BCUT2D eigenvalue weighted by Crippen LogP contribution is 2.28. The number of carbonyl (C=O) groups excluding carboxylic acids is 1. The second-order valence-electron chi connectivity index (χ2n) is 4.61. The standard InChI is InChI=1S/C15H15NOS2/c17-15(16-11-7-8-11)13-5-1-2-6-14(13)19-10-12-4-3-9-18-12/h1-6,9,11H,7-8,10H2,(H,16,17). The first-order chi connectivity index (χ1) is 9.33. The van der Waals surface area contributed by atoms with Crippen molar-refractivity contribution >= 4 is 29.0 Å². The van der Waals surface area contributed by atoms with Gasteiger partial charge in [0.2, 0.25) is 0 Å². The molecule has 1 saturated carbocycles. The summed E-state index contributed by atoms with van der Waals surface area (Å²) in [6.45, 7) is 0. The molecule has 4 heteroatoms. The van der Waals surface area contributed by atoms with Crippen LogP contribution in [0.3, 0.4) is 0 Å². The van der Waals surface area contributed by atoms with Gasteiger partial charge in [-0.25, -0.2) is 0 Å². The van der Waals surface area contributed by atoms with E-state index in [9.17, 15) is 4.79 Å². The largest absolute Gasteiger partial charge is 0.349 e. The highest BCUT2D eigenvalue weighted by atomic mass is 32.2. The molecule has 2 nitrogen and oxygen atoms in total. The van der Waals surface area contributed by atoms with Gasteiger partial charge in [0, 0.05) is 21.6 Å². The molecule has 1 aromatic carbocycles. The Morgan fingerprint density at radius 1 is 1.26 bits per heavy atom. The Morgan fingerprint density at radius 3 is 2.84 bits per heavy atom. The van der Waals surface area contributed by atoms with E-state index in [2.05, 4.69) is 22.8 Å². The van der Waals surface area contributed by atoms with Gasteiger partial charge in [-0.3, -0.25) is 4.79 Å². The maximum absolute atomic E-state index is 12.2. The number of benzene rings is 1. The summed E-state index contributed by atoms with van der Waals surface area (Å²) in [6.07, 6.45) is 2.24. The lowest BCUT2D eigenvalue weighted by molar-refractivity contribution is 0.0948. The van der Waals surface area contributed by atoms with Gasteiger partial charge in [0.25, 0.3) is 5.91 Å². The first-order valence-electron chi connectivity index (χ1n) is 6.38. The molecule has 1 fully saturated rings. The molecule has 0 unspecified atom stereocenters. The normalized spacial score (nSPS) is 14.3. The Hall–Kier alpha value is -1.26. The zero-order valence-corrected chi connectivity index (χ0v) is 12.1. The molecular formula is C15H15NOS2. The number of rotatable bonds is 5. The highest BCUT2D eigenvalue weighted by Gasteiger charge is 2.24. The van der Waals surface area contributed by atoms with Gasteiger partial charge in [0.05, 0.1) is 5.56 Å². The van der Waals surface area contributed by atoms with Gasteiger partial charge in [0.15, 0.2) is 0 Å². The Kier molecular flexibility index (Phi) is 3.89. The van der Waals surface area contributed by atoms with E-state index in [-0.39, 0.29) is 5.91 Å². The molecule has 0 aliphatic heterocycles.